The summed E-state index contributed by atoms with van der Waals surface area (Å²) in [7, 11) is 1.59. The molecule has 1 fully saturated rings. The van der Waals surface area contributed by atoms with Crippen LogP contribution >= 0.6 is 15.9 Å². The summed E-state index contributed by atoms with van der Waals surface area (Å²) in [5.41, 5.74) is 0.624. The molecule has 21 heavy (non-hydrogen) atoms. The normalized spacial score (nSPS) is 15.6. The van der Waals surface area contributed by atoms with E-state index >= 15 is 0 Å². The number of carbonyl (C=O) groups is 2. The third kappa shape index (κ3) is 3.75. The summed E-state index contributed by atoms with van der Waals surface area (Å²) in [6, 6.07) is 5.31. The highest BCUT2D eigenvalue weighted by Gasteiger charge is 2.21. The fourth-order valence-corrected chi connectivity index (χ4v) is 2.96. The Balaban J connectivity index is 2.09. The molecule has 0 aliphatic carbocycles. The van der Waals surface area contributed by atoms with E-state index in [9.17, 15) is 9.59 Å². The summed E-state index contributed by atoms with van der Waals surface area (Å²) in [6.07, 6.45) is 0.808. The summed E-state index contributed by atoms with van der Waals surface area (Å²) in [6.45, 7) is 4.12. The van der Waals surface area contributed by atoms with Gasteiger partial charge in [0.2, 0.25) is 5.91 Å². The van der Waals surface area contributed by atoms with Gasteiger partial charge in [-0.05, 0) is 40.5 Å². The van der Waals surface area contributed by atoms with Crippen LogP contribution in [0.15, 0.2) is 22.7 Å². The van der Waals surface area contributed by atoms with Crippen LogP contribution in [-0.2, 0) is 4.79 Å². The van der Waals surface area contributed by atoms with E-state index in [-0.39, 0.29) is 11.8 Å². The van der Waals surface area contributed by atoms with E-state index in [0.29, 0.717) is 37.5 Å². The van der Waals surface area contributed by atoms with E-state index in [1.165, 1.54) is 0 Å². The van der Waals surface area contributed by atoms with Crippen molar-refractivity contribution >= 4 is 27.7 Å². The van der Waals surface area contributed by atoms with Crippen molar-refractivity contribution in [2.75, 3.05) is 33.3 Å². The number of carbonyl (C=O) groups excluding carboxylic acids is 2. The molecule has 0 bridgehead atoms. The first-order valence-corrected chi connectivity index (χ1v) is 7.70. The topological polar surface area (TPSA) is 49.9 Å². The Morgan fingerprint density at radius 2 is 1.81 bits per heavy atom. The number of hydrogen-bond donors (Lipinski definition) is 0. The Bertz CT molecular complexity index is 548. The van der Waals surface area contributed by atoms with Gasteiger partial charge in [0.15, 0.2) is 0 Å². The quantitative estimate of drug-likeness (QED) is 0.817. The number of amides is 2. The maximum absolute atomic E-state index is 12.5. The van der Waals surface area contributed by atoms with Crippen LogP contribution in [0.5, 0.6) is 5.75 Å². The fraction of sp³-hybridized carbons (Fsp3) is 0.467. The lowest BCUT2D eigenvalue weighted by Gasteiger charge is -2.21. The summed E-state index contributed by atoms with van der Waals surface area (Å²) >= 11 is 3.40. The molecule has 0 saturated carbocycles. The molecule has 0 spiro atoms. The molecule has 1 aliphatic heterocycles. The average Bonchev–Trinajstić information content (AvgIpc) is 2.72. The second-order valence-corrected chi connectivity index (χ2v) is 5.86. The smallest absolute Gasteiger partial charge is 0.253 e. The van der Waals surface area contributed by atoms with E-state index < -0.39 is 0 Å². The minimum absolute atomic E-state index is 0.0104. The van der Waals surface area contributed by atoms with Crippen LogP contribution in [0.4, 0.5) is 0 Å². The molecule has 1 aromatic rings. The predicted octanol–water partition coefficient (Wildman–Crippen LogP) is 2.15. The van der Waals surface area contributed by atoms with Crippen LogP contribution in [0, 0.1) is 0 Å². The third-order valence-electron chi connectivity index (χ3n) is 3.63. The van der Waals surface area contributed by atoms with Crippen molar-refractivity contribution in [2.45, 2.75) is 13.3 Å². The molecule has 1 aliphatic rings. The van der Waals surface area contributed by atoms with Gasteiger partial charge in [0.1, 0.15) is 5.75 Å². The lowest BCUT2D eigenvalue weighted by Crippen LogP contribution is -2.36. The van der Waals surface area contributed by atoms with E-state index in [0.717, 1.165) is 10.9 Å². The fourth-order valence-electron chi connectivity index (χ4n) is 2.42. The molecule has 2 rings (SSSR count). The molecule has 6 heteroatoms. The van der Waals surface area contributed by atoms with Crippen molar-refractivity contribution in [3.8, 4) is 5.75 Å². The Labute approximate surface area is 133 Å². The number of rotatable bonds is 2. The van der Waals surface area contributed by atoms with Gasteiger partial charge in [-0.3, -0.25) is 9.59 Å². The lowest BCUT2D eigenvalue weighted by molar-refractivity contribution is -0.128. The molecule has 114 valence electrons. The molecular formula is C15H19BrN2O3. The van der Waals surface area contributed by atoms with Crippen LogP contribution in [0.25, 0.3) is 0 Å². The number of halogens is 1. The Hall–Kier alpha value is -1.56. The van der Waals surface area contributed by atoms with Crippen molar-refractivity contribution in [3.05, 3.63) is 28.2 Å². The first-order chi connectivity index (χ1) is 10.0. The molecule has 0 aromatic heterocycles. The third-order valence-corrected chi connectivity index (χ3v) is 4.25. The maximum Gasteiger partial charge on any atom is 0.253 e. The number of ether oxygens (including phenoxy) is 1. The van der Waals surface area contributed by atoms with Crippen LogP contribution < -0.4 is 4.74 Å². The van der Waals surface area contributed by atoms with Crippen molar-refractivity contribution in [3.63, 3.8) is 0 Å². The summed E-state index contributed by atoms with van der Waals surface area (Å²) < 4.78 is 5.93. The lowest BCUT2D eigenvalue weighted by atomic mass is 10.2. The number of hydrogen-bond acceptors (Lipinski definition) is 3. The summed E-state index contributed by atoms with van der Waals surface area (Å²) in [5, 5.41) is 0. The van der Waals surface area contributed by atoms with Gasteiger partial charge in [0.05, 0.1) is 11.6 Å². The van der Waals surface area contributed by atoms with Crippen LogP contribution in [0.2, 0.25) is 0 Å². The molecule has 0 unspecified atom stereocenters. The Kier molecular flexibility index (Phi) is 5.22. The van der Waals surface area contributed by atoms with Crippen LogP contribution in [-0.4, -0.2) is 54.9 Å². The van der Waals surface area contributed by atoms with E-state index in [4.69, 9.17) is 4.74 Å². The zero-order chi connectivity index (χ0) is 15.4. The van der Waals surface area contributed by atoms with Crippen molar-refractivity contribution in [1.29, 1.82) is 0 Å². The second-order valence-electron chi connectivity index (χ2n) is 5.00. The van der Waals surface area contributed by atoms with Crippen molar-refractivity contribution in [2.24, 2.45) is 0 Å². The Morgan fingerprint density at radius 3 is 2.43 bits per heavy atom. The van der Waals surface area contributed by atoms with Gasteiger partial charge in [-0.15, -0.1) is 0 Å². The largest absolute Gasteiger partial charge is 0.496 e. The number of methoxy groups -OCH3 is 1. The zero-order valence-corrected chi connectivity index (χ0v) is 13.9. The molecule has 0 atom stereocenters. The zero-order valence-electron chi connectivity index (χ0n) is 12.3. The van der Waals surface area contributed by atoms with E-state index in [1.807, 2.05) is 0 Å². The predicted molar refractivity (Wildman–Crippen MR) is 83.5 cm³/mol. The standard InChI is InChI=1S/C15H19BrN2O3/c1-11(19)17-6-3-7-18(9-8-17)15(20)12-4-5-14(21-2)13(16)10-12/h4-5,10H,3,6-9H2,1-2H3. The van der Waals surface area contributed by atoms with Crippen molar-refractivity contribution < 1.29 is 14.3 Å². The summed E-state index contributed by atoms with van der Waals surface area (Å²) in [4.78, 5) is 27.5. The second kappa shape index (κ2) is 6.93. The number of benzene rings is 1. The molecule has 1 saturated heterocycles. The minimum Gasteiger partial charge on any atom is -0.496 e. The Morgan fingerprint density at radius 1 is 1.14 bits per heavy atom. The van der Waals surface area contributed by atoms with Gasteiger partial charge in [-0.25, -0.2) is 0 Å². The monoisotopic (exact) mass is 354 g/mol. The highest BCUT2D eigenvalue weighted by molar-refractivity contribution is 9.10. The van der Waals surface area contributed by atoms with E-state index in [1.54, 1.807) is 42.0 Å². The first kappa shape index (κ1) is 15.8. The average molecular weight is 355 g/mol. The highest BCUT2D eigenvalue weighted by atomic mass is 79.9. The molecule has 1 heterocycles. The molecule has 1 aromatic carbocycles. The SMILES string of the molecule is COc1ccc(C(=O)N2CCCN(C(C)=O)CC2)cc1Br. The van der Waals surface area contributed by atoms with Gasteiger partial charge < -0.3 is 14.5 Å². The van der Waals surface area contributed by atoms with Gasteiger partial charge in [-0.2, -0.15) is 0 Å². The molecule has 0 N–H and O–H groups in total. The summed E-state index contributed by atoms with van der Waals surface area (Å²) in [5.74, 6) is 0.755. The van der Waals surface area contributed by atoms with Crippen LogP contribution in [0.1, 0.15) is 23.7 Å². The molecule has 0 radical (unpaired) electrons. The highest BCUT2D eigenvalue weighted by Crippen LogP contribution is 2.26. The number of nitrogens with zero attached hydrogens (tertiary/aromatic N) is 2. The van der Waals surface area contributed by atoms with E-state index in [2.05, 4.69) is 15.9 Å². The van der Waals surface area contributed by atoms with Gasteiger partial charge in [-0.1, -0.05) is 0 Å². The van der Waals surface area contributed by atoms with Crippen LogP contribution in [0.3, 0.4) is 0 Å². The molecule has 2 amide bonds. The molecule has 5 nitrogen and oxygen atoms in total. The van der Waals surface area contributed by atoms with Gasteiger partial charge in [0, 0.05) is 38.7 Å². The van der Waals surface area contributed by atoms with Gasteiger partial charge >= 0.3 is 0 Å². The molecular weight excluding hydrogens is 336 g/mol. The maximum atomic E-state index is 12.5. The van der Waals surface area contributed by atoms with Gasteiger partial charge in [0.25, 0.3) is 5.91 Å². The van der Waals surface area contributed by atoms with Crippen molar-refractivity contribution in [1.82, 2.24) is 9.80 Å². The minimum atomic E-state index is -0.0104. The first-order valence-electron chi connectivity index (χ1n) is 6.91.